The number of amides is 3. The van der Waals surface area contributed by atoms with Gasteiger partial charge in [0, 0.05) is 58.7 Å². The second-order valence-electron chi connectivity index (χ2n) is 12.0. The number of rotatable bonds is 46. The van der Waals surface area contributed by atoms with Crippen LogP contribution in [0.4, 0.5) is 0 Å². The molecule has 0 aliphatic heterocycles. The SMILES string of the molecule is CC.CC.CCCOCCOCCOCCNC(=O)CCOCC(COCCC(=O)NCCOCCOCCOCC)OCCC(=O)NCCOCCOCCOCCC. The fourth-order valence-corrected chi connectivity index (χ4v) is 4.23. The van der Waals surface area contributed by atoms with E-state index in [0.717, 1.165) is 26.1 Å². The summed E-state index contributed by atoms with van der Waals surface area (Å²) in [6.45, 7) is 25.1. The second-order valence-corrected chi connectivity index (χ2v) is 12.0. The maximum atomic E-state index is 12.3. The van der Waals surface area contributed by atoms with Crippen LogP contribution in [0.3, 0.4) is 0 Å². The van der Waals surface area contributed by atoms with E-state index in [0.29, 0.717) is 125 Å². The van der Waals surface area contributed by atoms with Gasteiger partial charge in [0.2, 0.25) is 17.7 Å². The zero-order valence-electron chi connectivity index (χ0n) is 38.6. The van der Waals surface area contributed by atoms with Crippen molar-refractivity contribution in [2.45, 2.75) is 86.7 Å². The lowest BCUT2D eigenvalue weighted by Gasteiger charge is -2.18. The molecule has 0 rings (SSSR count). The van der Waals surface area contributed by atoms with Gasteiger partial charge in [-0.1, -0.05) is 41.5 Å². The van der Waals surface area contributed by atoms with E-state index < -0.39 is 6.10 Å². The molecule has 0 aliphatic carbocycles. The van der Waals surface area contributed by atoms with Gasteiger partial charge in [0.15, 0.2) is 0 Å². The highest BCUT2D eigenvalue weighted by Crippen LogP contribution is 2.00. The fraction of sp³-hybridized carbons (Fsp3) is 0.929. The lowest BCUT2D eigenvalue weighted by molar-refractivity contribution is -0.126. The first kappa shape index (κ1) is 62.2. The predicted octanol–water partition coefficient (Wildman–Crippen LogP) is 2.97. The van der Waals surface area contributed by atoms with Crippen molar-refractivity contribution in [2.75, 3.05) is 172 Å². The Morgan fingerprint density at radius 2 is 0.633 bits per heavy atom. The van der Waals surface area contributed by atoms with Crippen LogP contribution in [-0.4, -0.2) is 195 Å². The summed E-state index contributed by atoms with van der Waals surface area (Å²) in [5.41, 5.74) is 0. The van der Waals surface area contributed by atoms with E-state index in [9.17, 15) is 14.4 Å². The van der Waals surface area contributed by atoms with Gasteiger partial charge in [0.25, 0.3) is 0 Å². The number of hydrogen-bond acceptors (Lipinski definition) is 15. The molecule has 0 saturated carbocycles. The Labute approximate surface area is 362 Å². The highest BCUT2D eigenvalue weighted by atomic mass is 16.6. The minimum absolute atomic E-state index is 0.130. The highest BCUT2D eigenvalue weighted by molar-refractivity contribution is 5.76. The third-order valence-electron chi connectivity index (χ3n) is 7.08. The van der Waals surface area contributed by atoms with Crippen LogP contribution in [0.1, 0.15) is 80.6 Å². The van der Waals surface area contributed by atoms with Crippen LogP contribution >= 0.6 is 0 Å². The van der Waals surface area contributed by atoms with Crippen molar-refractivity contribution in [3.63, 3.8) is 0 Å². The van der Waals surface area contributed by atoms with Crippen molar-refractivity contribution >= 4 is 17.7 Å². The van der Waals surface area contributed by atoms with Crippen molar-refractivity contribution < 1.29 is 71.2 Å². The number of carbonyl (C=O) groups is 3. The molecule has 0 saturated heterocycles. The Morgan fingerprint density at radius 1 is 0.350 bits per heavy atom. The van der Waals surface area contributed by atoms with Gasteiger partial charge >= 0.3 is 0 Å². The summed E-state index contributed by atoms with van der Waals surface area (Å²) in [6.07, 6.45) is 1.89. The average molecular weight is 874 g/mol. The Balaban J connectivity index is -0.00000786. The minimum Gasteiger partial charge on any atom is -0.379 e. The third kappa shape index (κ3) is 53.9. The van der Waals surface area contributed by atoms with Crippen LogP contribution in [0.15, 0.2) is 0 Å². The largest absolute Gasteiger partial charge is 0.379 e. The number of hydrogen-bond donors (Lipinski definition) is 3. The zero-order chi connectivity index (χ0) is 44.8. The molecule has 18 nitrogen and oxygen atoms in total. The summed E-state index contributed by atoms with van der Waals surface area (Å²) in [5, 5.41) is 8.38. The third-order valence-corrected chi connectivity index (χ3v) is 7.08. The van der Waals surface area contributed by atoms with Gasteiger partial charge < -0.3 is 72.8 Å². The summed E-state index contributed by atoms with van der Waals surface area (Å²) in [5.74, 6) is -0.518. The molecule has 60 heavy (non-hydrogen) atoms. The van der Waals surface area contributed by atoms with Crippen molar-refractivity contribution in [3.8, 4) is 0 Å². The number of ether oxygens (including phenoxy) is 12. The molecule has 3 N–H and O–H groups in total. The molecule has 3 amide bonds. The van der Waals surface area contributed by atoms with Gasteiger partial charge in [-0.05, 0) is 19.8 Å². The van der Waals surface area contributed by atoms with Crippen molar-refractivity contribution in [2.24, 2.45) is 0 Å². The zero-order valence-corrected chi connectivity index (χ0v) is 38.6. The summed E-state index contributed by atoms with van der Waals surface area (Å²) in [4.78, 5) is 36.7. The molecule has 1 atom stereocenters. The van der Waals surface area contributed by atoms with Crippen molar-refractivity contribution in [1.82, 2.24) is 16.0 Å². The quantitative estimate of drug-likeness (QED) is 0.0755. The summed E-state index contributed by atoms with van der Waals surface area (Å²) < 4.78 is 65.8. The van der Waals surface area contributed by atoms with Gasteiger partial charge in [0.1, 0.15) is 6.10 Å². The Bertz CT molecular complexity index is 865. The molecule has 0 radical (unpaired) electrons. The van der Waals surface area contributed by atoms with Gasteiger partial charge in [-0.25, -0.2) is 0 Å². The molecule has 0 aromatic heterocycles. The molecule has 1 unspecified atom stereocenters. The minimum atomic E-state index is -0.511. The standard InChI is InChI=1S/C38H75N3O15.2C2H6/c1-4-13-46-23-28-52-31-26-49-19-11-40-37(43)8-16-55-34-35(33-54-15-7-36(42)39-10-18-48-25-30-51-22-21-45-6-3)56-17-9-38(44)41-12-20-50-27-32-53-29-24-47-14-5-2;2*1-2/h35H,4-34H2,1-3H3,(H,39,42)(H,40,43)(H,41,44);2*1-2H3. The van der Waals surface area contributed by atoms with E-state index in [2.05, 4.69) is 29.8 Å². The predicted molar refractivity (Wildman–Crippen MR) is 231 cm³/mol. The molecule has 18 heteroatoms. The van der Waals surface area contributed by atoms with E-state index in [1.807, 2.05) is 34.6 Å². The van der Waals surface area contributed by atoms with Crippen LogP contribution in [0.2, 0.25) is 0 Å². The second kappa shape index (κ2) is 56.9. The Morgan fingerprint density at radius 3 is 0.950 bits per heavy atom. The Hall–Kier alpha value is -2.07. The molecular weight excluding hydrogens is 786 g/mol. The van der Waals surface area contributed by atoms with Crippen molar-refractivity contribution in [3.05, 3.63) is 0 Å². The summed E-state index contributed by atoms with van der Waals surface area (Å²) in [6, 6.07) is 0. The van der Waals surface area contributed by atoms with Gasteiger partial charge in [-0.2, -0.15) is 0 Å². The maximum Gasteiger partial charge on any atom is 0.222 e. The smallest absolute Gasteiger partial charge is 0.222 e. The highest BCUT2D eigenvalue weighted by Gasteiger charge is 2.13. The molecule has 0 bridgehead atoms. The summed E-state index contributed by atoms with van der Waals surface area (Å²) >= 11 is 0. The van der Waals surface area contributed by atoms with E-state index in [1.165, 1.54) is 0 Å². The van der Waals surface area contributed by atoms with E-state index in [4.69, 9.17) is 56.8 Å². The van der Waals surface area contributed by atoms with Crippen LogP contribution < -0.4 is 16.0 Å². The molecule has 0 aromatic rings. The fourth-order valence-electron chi connectivity index (χ4n) is 4.23. The first-order valence-electron chi connectivity index (χ1n) is 22.3. The van der Waals surface area contributed by atoms with Gasteiger partial charge in [-0.3, -0.25) is 14.4 Å². The van der Waals surface area contributed by atoms with Gasteiger partial charge in [-0.15, -0.1) is 0 Å². The van der Waals surface area contributed by atoms with E-state index in [1.54, 1.807) is 0 Å². The average Bonchev–Trinajstić information content (AvgIpc) is 3.26. The van der Waals surface area contributed by atoms with Crippen LogP contribution in [0.5, 0.6) is 0 Å². The molecule has 0 aliphatic rings. The van der Waals surface area contributed by atoms with Crippen molar-refractivity contribution in [1.29, 1.82) is 0 Å². The lowest BCUT2D eigenvalue weighted by Crippen LogP contribution is -2.32. The maximum absolute atomic E-state index is 12.3. The normalized spacial score (nSPS) is 11.2. The number of nitrogens with one attached hydrogen (secondary N) is 3. The monoisotopic (exact) mass is 874 g/mol. The summed E-state index contributed by atoms with van der Waals surface area (Å²) in [7, 11) is 0. The molecule has 360 valence electrons. The van der Waals surface area contributed by atoms with Crippen LogP contribution in [0, 0.1) is 0 Å². The van der Waals surface area contributed by atoms with E-state index in [-0.39, 0.29) is 70.0 Å². The first-order valence-corrected chi connectivity index (χ1v) is 22.3. The molecule has 0 spiro atoms. The number of carbonyl (C=O) groups excluding carboxylic acids is 3. The lowest BCUT2D eigenvalue weighted by atomic mass is 10.3. The van der Waals surface area contributed by atoms with E-state index >= 15 is 0 Å². The molecule has 0 heterocycles. The van der Waals surface area contributed by atoms with Crippen LogP contribution in [0.25, 0.3) is 0 Å². The first-order chi connectivity index (χ1) is 29.5. The van der Waals surface area contributed by atoms with Crippen LogP contribution in [-0.2, 0) is 71.2 Å². The molecule has 0 fully saturated rings. The Kier molecular flexibility index (Phi) is 59.0. The van der Waals surface area contributed by atoms with Gasteiger partial charge in [0.05, 0.1) is 132 Å². The topological polar surface area (TPSA) is 198 Å². The molecule has 0 aromatic carbocycles. The molecular formula is C42H87N3O15.